The molecule has 10 heteroatoms. The van der Waals surface area contributed by atoms with Crippen LogP contribution in [0.3, 0.4) is 0 Å². The van der Waals surface area contributed by atoms with E-state index in [0.29, 0.717) is 29.7 Å². The van der Waals surface area contributed by atoms with E-state index >= 15 is 0 Å². The van der Waals surface area contributed by atoms with Gasteiger partial charge in [-0.2, -0.15) is 13.9 Å². The lowest BCUT2D eigenvalue weighted by molar-refractivity contribution is -0.134. The number of carbonyl (C=O) groups excluding carboxylic acids is 1. The Morgan fingerprint density at radius 3 is 2.61 bits per heavy atom. The number of ether oxygens (including phenoxy) is 3. The standard InChI is InChI=1S/C23H22ClF3N2O4/c1-3-14-12-18(31-11-7-10-19(30)32-15-8-5-4-6-9-15)17(25)13-16(14)21-20(24)22(29(2)28-21)33-23(26)27/h4-6,8-9,12-13,23H,3,7,10-11H2,1-2H3. The van der Waals surface area contributed by atoms with E-state index in [1.165, 1.54) is 19.2 Å². The second-order valence-electron chi connectivity index (χ2n) is 7.00. The Kier molecular flexibility index (Phi) is 8.21. The summed E-state index contributed by atoms with van der Waals surface area (Å²) in [5, 5.41) is 3.97. The Hall–Kier alpha value is -3.20. The summed E-state index contributed by atoms with van der Waals surface area (Å²) in [6.45, 7) is -1.14. The largest absolute Gasteiger partial charge is 0.490 e. The van der Waals surface area contributed by atoms with E-state index in [4.69, 9.17) is 21.1 Å². The maximum absolute atomic E-state index is 14.7. The molecule has 0 aliphatic carbocycles. The summed E-state index contributed by atoms with van der Waals surface area (Å²) in [6, 6.07) is 11.4. The van der Waals surface area contributed by atoms with Gasteiger partial charge in [0.05, 0.1) is 6.61 Å². The fourth-order valence-electron chi connectivity index (χ4n) is 3.16. The van der Waals surface area contributed by atoms with Crippen molar-refractivity contribution in [3.63, 3.8) is 0 Å². The van der Waals surface area contributed by atoms with Crippen molar-refractivity contribution in [1.82, 2.24) is 9.78 Å². The van der Waals surface area contributed by atoms with Crippen molar-refractivity contribution in [2.24, 2.45) is 7.05 Å². The van der Waals surface area contributed by atoms with Gasteiger partial charge in [-0.1, -0.05) is 36.7 Å². The first kappa shape index (κ1) is 24.4. The van der Waals surface area contributed by atoms with Crippen molar-refractivity contribution in [2.75, 3.05) is 6.61 Å². The van der Waals surface area contributed by atoms with Crippen molar-refractivity contribution in [2.45, 2.75) is 32.8 Å². The third-order valence-electron chi connectivity index (χ3n) is 4.69. The van der Waals surface area contributed by atoms with Crippen LogP contribution in [0.15, 0.2) is 42.5 Å². The fraction of sp³-hybridized carbons (Fsp3) is 0.304. The molecule has 33 heavy (non-hydrogen) atoms. The minimum atomic E-state index is -3.08. The number of benzene rings is 2. The third-order valence-corrected chi connectivity index (χ3v) is 5.03. The van der Waals surface area contributed by atoms with Gasteiger partial charge in [-0.15, -0.1) is 0 Å². The van der Waals surface area contributed by atoms with Crippen LogP contribution in [0, 0.1) is 5.82 Å². The first-order chi connectivity index (χ1) is 15.8. The number of aromatic nitrogens is 2. The van der Waals surface area contributed by atoms with Gasteiger partial charge < -0.3 is 14.2 Å². The maximum Gasteiger partial charge on any atom is 0.388 e. The minimum Gasteiger partial charge on any atom is -0.490 e. The lowest BCUT2D eigenvalue weighted by Crippen LogP contribution is -2.10. The average molecular weight is 483 g/mol. The summed E-state index contributed by atoms with van der Waals surface area (Å²) in [6.07, 6.45) is 0.910. The number of para-hydroxylation sites is 1. The summed E-state index contributed by atoms with van der Waals surface area (Å²) in [7, 11) is 1.40. The first-order valence-electron chi connectivity index (χ1n) is 10.2. The topological polar surface area (TPSA) is 62.6 Å². The first-order valence-corrected chi connectivity index (χ1v) is 10.6. The van der Waals surface area contributed by atoms with Gasteiger partial charge in [-0.25, -0.2) is 9.07 Å². The Labute approximate surface area is 193 Å². The quantitative estimate of drug-likeness (QED) is 0.207. The lowest BCUT2D eigenvalue weighted by atomic mass is 10.0. The van der Waals surface area contributed by atoms with Gasteiger partial charge in [0.1, 0.15) is 16.5 Å². The van der Waals surface area contributed by atoms with Gasteiger partial charge >= 0.3 is 12.6 Å². The summed E-state index contributed by atoms with van der Waals surface area (Å²) in [4.78, 5) is 11.9. The molecule has 0 bridgehead atoms. The van der Waals surface area contributed by atoms with Crippen molar-refractivity contribution in [1.29, 1.82) is 0 Å². The van der Waals surface area contributed by atoms with E-state index in [1.54, 1.807) is 24.3 Å². The second kappa shape index (κ2) is 11.1. The molecule has 0 unspecified atom stereocenters. The summed E-state index contributed by atoms with van der Waals surface area (Å²) in [5.41, 5.74) is 1.12. The van der Waals surface area contributed by atoms with Crippen LogP contribution < -0.4 is 14.2 Å². The monoisotopic (exact) mass is 482 g/mol. The molecule has 0 saturated carbocycles. The van der Waals surface area contributed by atoms with Gasteiger partial charge in [0.15, 0.2) is 11.6 Å². The number of nitrogens with zero attached hydrogens (tertiary/aromatic N) is 2. The molecule has 0 N–H and O–H groups in total. The molecular weight excluding hydrogens is 461 g/mol. The van der Waals surface area contributed by atoms with Gasteiger partial charge in [-0.3, -0.25) is 4.79 Å². The molecule has 0 aliphatic heterocycles. The fourth-order valence-corrected chi connectivity index (χ4v) is 3.46. The predicted octanol–water partition coefficient (Wildman–Crippen LogP) is 5.81. The Balaban J connectivity index is 1.67. The van der Waals surface area contributed by atoms with E-state index in [-0.39, 0.29) is 35.4 Å². The molecule has 0 atom stereocenters. The molecule has 6 nitrogen and oxygen atoms in total. The number of alkyl halides is 2. The van der Waals surface area contributed by atoms with Crippen LogP contribution in [0.1, 0.15) is 25.3 Å². The van der Waals surface area contributed by atoms with Crippen LogP contribution in [-0.4, -0.2) is 29.0 Å². The number of hydrogen-bond donors (Lipinski definition) is 0. The molecule has 3 aromatic rings. The van der Waals surface area contributed by atoms with Gasteiger partial charge in [0, 0.05) is 19.0 Å². The Morgan fingerprint density at radius 2 is 1.94 bits per heavy atom. The number of carbonyl (C=O) groups is 1. The van der Waals surface area contributed by atoms with E-state index in [0.717, 1.165) is 4.68 Å². The Morgan fingerprint density at radius 1 is 1.21 bits per heavy atom. The molecule has 0 saturated heterocycles. The molecule has 0 fully saturated rings. The molecule has 0 aliphatic rings. The molecule has 2 aromatic carbocycles. The average Bonchev–Trinajstić information content (AvgIpc) is 3.05. The van der Waals surface area contributed by atoms with Gasteiger partial charge in [0.25, 0.3) is 0 Å². The zero-order valence-electron chi connectivity index (χ0n) is 18.0. The van der Waals surface area contributed by atoms with Crippen molar-refractivity contribution >= 4 is 17.6 Å². The number of halogens is 4. The number of hydrogen-bond acceptors (Lipinski definition) is 5. The highest BCUT2D eigenvalue weighted by molar-refractivity contribution is 6.34. The van der Waals surface area contributed by atoms with Gasteiger partial charge in [0.2, 0.25) is 5.88 Å². The maximum atomic E-state index is 14.7. The highest BCUT2D eigenvalue weighted by atomic mass is 35.5. The van der Waals surface area contributed by atoms with E-state index in [2.05, 4.69) is 9.84 Å². The SMILES string of the molecule is CCc1cc(OCCCC(=O)Oc2ccccc2)c(F)cc1-c1nn(C)c(OC(F)F)c1Cl. The molecule has 1 heterocycles. The number of esters is 1. The van der Waals surface area contributed by atoms with E-state index < -0.39 is 18.4 Å². The summed E-state index contributed by atoms with van der Waals surface area (Å²) in [5.74, 6) is -0.948. The summed E-state index contributed by atoms with van der Waals surface area (Å²) < 4.78 is 56.2. The van der Waals surface area contributed by atoms with Crippen LogP contribution in [0.25, 0.3) is 11.3 Å². The zero-order valence-corrected chi connectivity index (χ0v) is 18.7. The number of rotatable bonds is 10. The predicted molar refractivity (Wildman–Crippen MR) is 116 cm³/mol. The smallest absolute Gasteiger partial charge is 0.388 e. The highest BCUT2D eigenvalue weighted by Crippen LogP contribution is 2.39. The molecular formula is C23H22ClF3N2O4. The van der Waals surface area contributed by atoms with Crippen molar-refractivity contribution < 1.29 is 32.2 Å². The second-order valence-corrected chi connectivity index (χ2v) is 7.38. The van der Waals surface area contributed by atoms with Crippen LogP contribution in [0.5, 0.6) is 17.4 Å². The van der Waals surface area contributed by atoms with E-state index in [9.17, 15) is 18.0 Å². The van der Waals surface area contributed by atoms with Crippen molar-refractivity contribution in [3.8, 4) is 28.6 Å². The van der Waals surface area contributed by atoms with Crippen LogP contribution in [0.4, 0.5) is 13.2 Å². The Bertz CT molecular complexity index is 1110. The minimum absolute atomic E-state index is 0.00290. The molecule has 3 rings (SSSR count). The van der Waals surface area contributed by atoms with Crippen LogP contribution in [-0.2, 0) is 18.3 Å². The highest BCUT2D eigenvalue weighted by Gasteiger charge is 2.23. The molecule has 1 aromatic heterocycles. The van der Waals surface area contributed by atoms with Crippen LogP contribution >= 0.6 is 11.6 Å². The summed E-state index contributed by atoms with van der Waals surface area (Å²) >= 11 is 6.18. The molecule has 0 spiro atoms. The molecule has 0 amide bonds. The number of aryl methyl sites for hydroxylation is 2. The zero-order chi connectivity index (χ0) is 24.0. The normalized spacial score (nSPS) is 11.0. The third kappa shape index (κ3) is 6.19. The van der Waals surface area contributed by atoms with Crippen LogP contribution in [0.2, 0.25) is 5.02 Å². The van der Waals surface area contributed by atoms with Gasteiger partial charge in [-0.05, 0) is 42.7 Å². The lowest BCUT2D eigenvalue weighted by Gasteiger charge is -2.12. The molecule has 0 radical (unpaired) electrons. The van der Waals surface area contributed by atoms with E-state index in [1.807, 2.05) is 13.0 Å². The molecule has 176 valence electrons. The van der Waals surface area contributed by atoms with Crippen molar-refractivity contribution in [3.05, 3.63) is 58.9 Å².